The standard InChI is InChI=1S/C18H20N4O/c1-19-18(23)13-6-5-7-14-16(13)12-8-9-15(21-17(12)20-14)22-10-3-2-4-11-22/h5-9H,2-4,10-11H2,1H3,(H,19,23)(H,20,21). The van der Waals surface area contributed by atoms with Gasteiger partial charge in [-0.15, -0.1) is 0 Å². The number of H-pyrrole nitrogens is 1. The second kappa shape index (κ2) is 5.57. The van der Waals surface area contributed by atoms with Gasteiger partial charge in [0.2, 0.25) is 0 Å². The molecular formula is C18H20N4O. The van der Waals surface area contributed by atoms with Gasteiger partial charge in [-0.3, -0.25) is 4.79 Å². The summed E-state index contributed by atoms with van der Waals surface area (Å²) in [5.41, 5.74) is 2.48. The Labute approximate surface area is 134 Å². The van der Waals surface area contributed by atoms with E-state index in [0.29, 0.717) is 5.56 Å². The van der Waals surface area contributed by atoms with Crippen LogP contribution in [0.2, 0.25) is 0 Å². The molecule has 1 aliphatic heterocycles. The molecule has 0 spiro atoms. The molecule has 1 fully saturated rings. The van der Waals surface area contributed by atoms with Gasteiger partial charge in [0.05, 0.1) is 0 Å². The Kier molecular flexibility index (Phi) is 3.41. The summed E-state index contributed by atoms with van der Waals surface area (Å²) in [7, 11) is 1.66. The van der Waals surface area contributed by atoms with Crippen molar-refractivity contribution in [3.05, 3.63) is 35.9 Å². The smallest absolute Gasteiger partial charge is 0.251 e. The summed E-state index contributed by atoms with van der Waals surface area (Å²) in [6.45, 7) is 2.14. The number of anilines is 1. The number of aromatic nitrogens is 2. The fourth-order valence-electron chi connectivity index (χ4n) is 3.44. The molecule has 1 aromatic carbocycles. The summed E-state index contributed by atoms with van der Waals surface area (Å²) in [6.07, 6.45) is 3.76. The molecule has 3 heterocycles. The molecule has 0 unspecified atom stereocenters. The van der Waals surface area contributed by atoms with Crippen LogP contribution in [0.4, 0.5) is 5.82 Å². The van der Waals surface area contributed by atoms with Crippen LogP contribution in [-0.4, -0.2) is 36.0 Å². The lowest BCUT2D eigenvalue weighted by molar-refractivity contribution is 0.0965. The molecule has 0 aliphatic carbocycles. The normalized spacial score (nSPS) is 15.3. The van der Waals surface area contributed by atoms with Crippen LogP contribution in [-0.2, 0) is 0 Å². The van der Waals surface area contributed by atoms with Gasteiger partial charge >= 0.3 is 0 Å². The van der Waals surface area contributed by atoms with E-state index in [-0.39, 0.29) is 5.91 Å². The molecule has 1 aliphatic rings. The van der Waals surface area contributed by atoms with Crippen LogP contribution in [0.25, 0.3) is 21.9 Å². The average molecular weight is 308 g/mol. The Balaban J connectivity index is 1.87. The maximum atomic E-state index is 12.1. The Hall–Kier alpha value is -2.56. The molecule has 5 heteroatoms. The third kappa shape index (κ3) is 2.32. The van der Waals surface area contributed by atoms with E-state index < -0.39 is 0 Å². The van der Waals surface area contributed by atoms with Gasteiger partial charge in [-0.2, -0.15) is 0 Å². The van der Waals surface area contributed by atoms with Crippen molar-refractivity contribution in [3.8, 4) is 0 Å². The molecule has 1 amide bonds. The zero-order valence-electron chi connectivity index (χ0n) is 13.2. The van der Waals surface area contributed by atoms with E-state index in [9.17, 15) is 4.79 Å². The van der Waals surface area contributed by atoms with E-state index in [2.05, 4.69) is 27.3 Å². The summed E-state index contributed by atoms with van der Waals surface area (Å²) >= 11 is 0. The molecular weight excluding hydrogens is 288 g/mol. The molecule has 0 atom stereocenters. The number of hydrogen-bond donors (Lipinski definition) is 2. The maximum absolute atomic E-state index is 12.1. The van der Waals surface area contributed by atoms with Gasteiger partial charge in [0, 0.05) is 42.0 Å². The molecule has 0 radical (unpaired) electrons. The maximum Gasteiger partial charge on any atom is 0.251 e. The third-order valence-electron chi connectivity index (χ3n) is 4.62. The number of hydrogen-bond acceptors (Lipinski definition) is 3. The topological polar surface area (TPSA) is 61.0 Å². The van der Waals surface area contributed by atoms with Crippen molar-refractivity contribution >= 4 is 33.7 Å². The van der Waals surface area contributed by atoms with Crippen LogP contribution in [0.15, 0.2) is 30.3 Å². The number of piperidine rings is 1. The predicted molar refractivity (Wildman–Crippen MR) is 93.1 cm³/mol. The van der Waals surface area contributed by atoms with Crippen LogP contribution in [0.1, 0.15) is 29.6 Å². The second-order valence-corrected chi connectivity index (χ2v) is 6.05. The predicted octanol–water partition coefficient (Wildman–Crippen LogP) is 3.07. The molecule has 1 saturated heterocycles. The lowest BCUT2D eigenvalue weighted by Gasteiger charge is -2.27. The largest absolute Gasteiger partial charge is 0.357 e. The first-order valence-corrected chi connectivity index (χ1v) is 8.16. The first kappa shape index (κ1) is 14.1. The first-order chi connectivity index (χ1) is 11.3. The minimum Gasteiger partial charge on any atom is -0.357 e. The Bertz CT molecular complexity index is 877. The van der Waals surface area contributed by atoms with Gasteiger partial charge < -0.3 is 15.2 Å². The van der Waals surface area contributed by atoms with Crippen molar-refractivity contribution in [2.45, 2.75) is 19.3 Å². The number of benzene rings is 1. The molecule has 23 heavy (non-hydrogen) atoms. The quantitative estimate of drug-likeness (QED) is 0.765. The first-order valence-electron chi connectivity index (χ1n) is 8.16. The lowest BCUT2D eigenvalue weighted by Crippen LogP contribution is -2.30. The zero-order chi connectivity index (χ0) is 15.8. The van der Waals surface area contributed by atoms with Gasteiger partial charge in [-0.1, -0.05) is 6.07 Å². The number of carbonyl (C=O) groups is 1. The van der Waals surface area contributed by atoms with Crippen molar-refractivity contribution in [1.29, 1.82) is 0 Å². The van der Waals surface area contributed by atoms with Gasteiger partial charge in [-0.05, 0) is 43.5 Å². The van der Waals surface area contributed by atoms with Crippen LogP contribution in [0.5, 0.6) is 0 Å². The van der Waals surface area contributed by atoms with Crippen molar-refractivity contribution in [2.75, 3.05) is 25.0 Å². The lowest BCUT2D eigenvalue weighted by atomic mass is 10.1. The molecule has 2 aromatic heterocycles. The van der Waals surface area contributed by atoms with E-state index in [1.165, 1.54) is 19.3 Å². The minimum absolute atomic E-state index is 0.0726. The summed E-state index contributed by atoms with van der Waals surface area (Å²) in [5, 5.41) is 4.65. The molecule has 0 saturated carbocycles. The van der Waals surface area contributed by atoms with Gasteiger partial charge in [0.1, 0.15) is 11.5 Å². The highest BCUT2D eigenvalue weighted by Gasteiger charge is 2.16. The van der Waals surface area contributed by atoms with Gasteiger partial charge in [-0.25, -0.2) is 4.98 Å². The highest BCUT2D eigenvalue weighted by Crippen LogP contribution is 2.29. The van der Waals surface area contributed by atoms with Gasteiger partial charge in [0.15, 0.2) is 0 Å². The van der Waals surface area contributed by atoms with E-state index in [1.54, 1.807) is 7.05 Å². The molecule has 4 rings (SSSR count). The number of amides is 1. The summed E-state index contributed by atoms with van der Waals surface area (Å²) < 4.78 is 0. The minimum atomic E-state index is -0.0726. The van der Waals surface area contributed by atoms with Gasteiger partial charge in [0.25, 0.3) is 5.91 Å². The average Bonchev–Trinajstić information content (AvgIpc) is 2.99. The SMILES string of the molecule is CNC(=O)c1cccc2[nH]c3nc(N4CCCCC4)ccc3c12. The number of nitrogens with one attached hydrogen (secondary N) is 2. The van der Waals surface area contributed by atoms with Crippen molar-refractivity contribution < 1.29 is 4.79 Å². The van der Waals surface area contributed by atoms with Crippen molar-refractivity contribution in [3.63, 3.8) is 0 Å². The zero-order valence-corrected chi connectivity index (χ0v) is 13.2. The molecule has 3 aromatic rings. The number of carbonyl (C=O) groups excluding carboxylic acids is 1. The molecule has 0 bridgehead atoms. The number of rotatable bonds is 2. The highest BCUT2D eigenvalue weighted by molar-refractivity contribution is 6.17. The summed E-state index contributed by atoms with van der Waals surface area (Å²) in [6, 6.07) is 9.89. The second-order valence-electron chi connectivity index (χ2n) is 6.05. The number of fused-ring (bicyclic) bond motifs is 3. The van der Waals surface area contributed by atoms with Crippen LogP contribution >= 0.6 is 0 Å². The molecule has 2 N–H and O–H groups in total. The van der Waals surface area contributed by atoms with E-state index in [0.717, 1.165) is 40.8 Å². The van der Waals surface area contributed by atoms with E-state index >= 15 is 0 Å². The fourth-order valence-corrected chi connectivity index (χ4v) is 3.44. The van der Waals surface area contributed by atoms with Crippen LogP contribution in [0, 0.1) is 0 Å². The monoisotopic (exact) mass is 308 g/mol. The van der Waals surface area contributed by atoms with Crippen LogP contribution < -0.4 is 10.2 Å². The highest BCUT2D eigenvalue weighted by atomic mass is 16.1. The Morgan fingerprint density at radius 3 is 2.78 bits per heavy atom. The molecule has 5 nitrogen and oxygen atoms in total. The Morgan fingerprint density at radius 1 is 1.17 bits per heavy atom. The van der Waals surface area contributed by atoms with E-state index in [4.69, 9.17) is 4.98 Å². The fraction of sp³-hybridized carbons (Fsp3) is 0.333. The molecule has 118 valence electrons. The van der Waals surface area contributed by atoms with Crippen molar-refractivity contribution in [1.82, 2.24) is 15.3 Å². The number of pyridine rings is 1. The number of nitrogens with zero attached hydrogens (tertiary/aromatic N) is 2. The summed E-state index contributed by atoms with van der Waals surface area (Å²) in [4.78, 5) is 22.6. The summed E-state index contributed by atoms with van der Waals surface area (Å²) in [5.74, 6) is 0.946. The third-order valence-corrected chi connectivity index (χ3v) is 4.62. The Morgan fingerprint density at radius 2 is 2.00 bits per heavy atom. The van der Waals surface area contributed by atoms with Crippen LogP contribution in [0.3, 0.4) is 0 Å². The number of aromatic amines is 1. The van der Waals surface area contributed by atoms with E-state index in [1.807, 2.05) is 18.2 Å². The van der Waals surface area contributed by atoms with Crippen molar-refractivity contribution in [2.24, 2.45) is 0 Å².